The van der Waals surface area contributed by atoms with Gasteiger partial charge in [-0.25, -0.2) is 0 Å². The van der Waals surface area contributed by atoms with E-state index in [9.17, 15) is 5.11 Å². The van der Waals surface area contributed by atoms with Gasteiger partial charge in [-0.15, -0.1) is 0 Å². The number of hydrogen-bond acceptors (Lipinski definition) is 2. The number of likely N-dealkylation sites (tertiary alicyclic amines) is 1. The standard InChI is InChI=1S/C14H21NO/c1-14(2,3)15-10-12(16)9-13(15)11-7-5-4-6-8-11/h4-8,12-13,16H,9-10H2,1-3H3/t12-,13-/m0/s1. The highest BCUT2D eigenvalue weighted by atomic mass is 16.3. The van der Waals surface area contributed by atoms with Crippen molar-refractivity contribution in [2.24, 2.45) is 0 Å². The monoisotopic (exact) mass is 219 g/mol. The van der Waals surface area contributed by atoms with Gasteiger partial charge < -0.3 is 5.11 Å². The Bertz CT molecular complexity index is 342. The lowest BCUT2D eigenvalue weighted by Crippen LogP contribution is -2.41. The van der Waals surface area contributed by atoms with E-state index in [1.807, 2.05) is 6.07 Å². The molecule has 1 fully saturated rings. The van der Waals surface area contributed by atoms with Gasteiger partial charge in [-0.3, -0.25) is 4.90 Å². The molecule has 0 spiro atoms. The molecule has 88 valence electrons. The summed E-state index contributed by atoms with van der Waals surface area (Å²) in [6.07, 6.45) is 0.658. The molecule has 0 saturated carbocycles. The van der Waals surface area contributed by atoms with Crippen LogP contribution in [0.25, 0.3) is 0 Å². The summed E-state index contributed by atoms with van der Waals surface area (Å²) in [6, 6.07) is 10.8. The molecule has 1 aliphatic heterocycles. The molecule has 2 nitrogen and oxygen atoms in total. The first-order valence-electron chi connectivity index (χ1n) is 5.98. The zero-order valence-electron chi connectivity index (χ0n) is 10.4. The largest absolute Gasteiger partial charge is 0.392 e. The molecular weight excluding hydrogens is 198 g/mol. The van der Waals surface area contributed by atoms with E-state index in [4.69, 9.17) is 0 Å². The lowest BCUT2D eigenvalue weighted by atomic mass is 9.99. The molecule has 0 bridgehead atoms. The van der Waals surface area contributed by atoms with Crippen molar-refractivity contribution in [3.63, 3.8) is 0 Å². The number of aliphatic hydroxyl groups is 1. The van der Waals surface area contributed by atoms with Gasteiger partial charge in [0.1, 0.15) is 0 Å². The Morgan fingerprint density at radius 3 is 2.38 bits per heavy atom. The SMILES string of the molecule is CC(C)(C)N1C[C@@H](O)C[C@H]1c1ccccc1. The minimum Gasteiger partial charge on any atom is -0.392 e. The van der Waals surface area contributed by atoms with Crippen molar-refractivity contribution in [1.29, 1.82) is 0 Å². The minimum absolute atomic E-state index is 0.109. The lowest BCUT2D eigenvalue weighted by molar-refractivity contribution is 0.104. The van der Waals surface area contributed by atoms with E-state index in [0.717, 1.165) is 13.0 Å². The van der Waals surface area contributed by atoms with Gasteiger partial charge in [-0.2, -0.15) is 0 Å². The Balaban J connectivity index is 2.26. The number of hydrogen-bond donors (Lipinski definition) is 1. The molecule has 1 heterocycles. The van der Waals surface area contributed by atoms with E-state index < -0.39 is 0 Å². The fourth-order valence-corrected chi connectivity index (χ4v) is 2.55. The third-order valence-electron chi connectivity index (χ3n) is 3.32. The summed E-state index contributed by atoms with van der Waals surface area (Å²) in [5, 5.41) is 9.85. The molecule has 2 atom stereocenters. The predicted molar refractivity (Wildman–Crippen MR) is 66.3 cm³/mol. The molecule has 16 heavy (non-hydrogen) atoms. The van der Waals surface area contributed by atoms with Crippen LogP contribution in [0.2, 0.25) is 0 Å². The average Bonchev–Trinajstić information content (AvgIpc) is 2.61. The molecule has 1 aromatic carbocycles. The van der Waals surface area contributed by atoms with E-state index in [0.29, 0.717) is 6.04 Å². The number of β-amino-alcohol motifs (C(OH)–C–C–N with tert-alkyl or cyclic N) is 1. The highest BCUT2D eigenvalue weighted by Gasteiger charge is 2.37. The molecule has 0 amide bonds. The van der Waals surface area contributed by atoms with E-state index in [1.165, 1.54) is 5.56 Å². The summed E-state index contributed by atoms with van der Waals surface area (Å²) in [5.74, 6) is 0. The lowest BCUT2D eigenvalue weighted by Gasteiger charge is -2.37. The molecule has 1 aliphatic rings. The highest BCUT2D eigenvalue weighted by Crippen LogP contribution is 2.37. The summed E-state index contributed by atoms with van der Waals surface area (Å²) < 4.78 is 0. The van der Waals surface area contributed by atoms with Gasteiger partial charge in [-0.05, 0) is 32.8 Å². The molecule has 0 aromatic heterocycles. The number of benzene rings is 1. The summed E-state index contributed by atoms with van der Waals surface area (Å²) in [4.78, 5) is 2.40. The Morgan fingerprint density at radius 2 is 1.81 bits per heavy atom. The Morgan fingerprint density at radius 1 is 1.19 bits per heavy atom. The van der Waals surface area contributed by atoms with Crippen LogP contribution in [0.4, 0.5) is 0 Å². The maximum absolute atomic E-state index is 9.85. The van der Waals surface area contributed by atoms with E-state index in [1.54, 1.807) is 0 Å². The van der Waals surface area contributed by atoms with Crippen molar-refractivity contribution in [2.75, 3.05) is 6.54 Å². The highest BCUT2D eigenvalue weighted by molar-refractivity contribution is 5.21. The van der Waals surface area contributed by atoms with Gasteiger partial charge in [0.2, 0.25) is 0 Å². The molecule has 2 heteroatoms. The summed E-state index contributed by atoms with van der Waals surface area (Å²) in [5.41, 5.74) is 1.42. The first kappa shape index (κ1) is 11.6. The quantitative estimate of drug-likeness (QED) is 0.784. The summed E-state index contributed by atoms with van der Waals surface area (Å²) in [7, 11) is 0. The second-order valence-corrected chi connectivity index (χ2v) is 5.64. The van der Waals surface area contributed by atoms with Gasteiger partial charge in [0.25, 0.3) is 0 Å². The van der Waals surface area contributed by atoms with Crippen LogP contribution in [0.15, 0.2) is 30.3 Å². The van der Waals surface area contributed by atoms with Crippen LogP contribution in [-0.2, 0) is 0 Å². The molecule has 0 unspecified atom stereocenters. The van der Waals surface area contributed by atoms with Crippen LogP contribution in [0, 0.1) is 0 Å². The number of rotatable bonds is 1. The van der Waals surface area contributed by atoms with Crippen LogP contribution >= 0.6 is 0 Å². The van der Waals surface area contributed by atoms with Crippen molar-refractivity contribution in [1.82, 2.24) is 4.90 Å². The zero-order valence-corrected chi connectivity index (χ0v) is 10.4. The smallest absolute Gasteiger partial charge is 0.0685 e. The van der Waals surface area contributed by atoms with Crippen molar-refractivity contribution < 1.29 is 5.11 Å². The molecular formula is C14H21NO. The predicted octanol–water partition coefficient (Wildman–Crippen LogP) is 2.59. The molecule has 1 saturated heterocycles. The number of aliphatic hydroxyl groups excluding tert-OH is 1. The van der Waals surface area contributed by atoms with Crippen LogP contribution in [0.5, 0.6) is 0 Å². The second kappa shape index (κ2) is 4.19. The van der Waals surface area contributed by atoms with Gasteiger partial charge in [0, 0.05) is 18.1 Å². The van der Waals surface area contributed by atoms with Crippen LogP contribution in [0.1, 0.15) is 38.8 Å². The van der Waals surface area contributed by atoms with Gasteiger partial charge >= 0.3 is 0 Å². The van der Waals surface area contributed by atoms with Crippen LogP contribution in [0.3, 0.4) is 0 Å². The normalized spacial score (nSPS) is 27.2. The Kier molecular flexibility index (Phi) is 3.04. The fourth-order valence-electron chi connectivity index (χ4n) is 2.55. The van der Waals surface area contributed by atoms with Gasteiger partial charge in [0.05, 0.1) is 6.10 Å². The van der Waals surface area contributed by atoms with Crippen LogP contribution in [-0.4, -0.2) is 28.2 Å². The van der Waals surface area contributed by atoms with Crippen molar-refractivity contribution >= 4 is 0 Å². The topological polar surface area (TPSA) is 23.5 Å². The minimum atomic E-state index is -0.190. The zero-order chi connectivity index (χ0) is 11.8. The maximum atomic E-state index is 9.85. The van der Waals surface area contributed by atoms with Crippen molar-refractivity contribution in [3.8, 4) is 0 Å². The summed E-state index contributed by atoms with van der Waals surface area (Å²) >= 11 is 0. The average molecular weight is 219 g/mol. The third-order valence-corrected chi connectivity index (χ3v) is 3.32. The van der Waals surface area contributed by atoms with Crippen LogP contribution < -0.4 is 0 Å². The fraction of sp³-hybridized carbons (Fsp3) is 0.571. The second-order valence-electron chi connectivity index (χ2n) is 5.64. The third kappa shape index (κ3) is 2.28. The van der Waals surface area contributed by atoms with Gasteiger partial charge in [-0.1, -0.05) is 30.3 Å². The Hall–Kier alpha value is -0.860. The maximum Gasteiger partial charge on any atom is 0.0685 e. The molecule has 2 rings (SSSR count). The van der Waals surface area contributed by atoms with Gasteiger partial charge in [0.15, 0.2) is 0 Å². The molecule has 0 radical (unpaired) electrons. The molecule has 1 aromatic rings. The first-order valence-corrected chi connectivity index (χ1v) is 5.98. The van der Waals surface area contributed by atoms with E-state index in [-0.39, 0.29) is 11.6 Å². The van der Waals surface area contributed by atoms with E-state index >= 15 is 0 Å². The van der Waals surface area contributed by atoms with E-state index in [2.05, 4.69) is 49.9 Å². The molecule has 1 N–H and O–H groups in total. The summed E-state index contributed by atoms with van der Waals surface area (Å²) in [6.45, 7) is 7.41. The first-order chi connectivity index (χ1) is 7.48. The molecule has 0 aliphatic carbocycles. The van der Waals surface area contributed by atoms with Crippen molar-refractivity contribution in [3.05, 3.63) is 35.9 Å². The Labute approximate surface area is 97.9 Å². The van der Waals surface area contributed by atoms with Crippen molar-refractivity contribution in [2.45, 2.75) is 44.9 Å². The number of nitrogens with zero attached hydrogens (tertiary/aromatic N) is 1.